The SMILES string of the molecule is COc1ccc(CCN(Cc2cccs2)C(=O)CN(CC(C)C)C(=O)C2CCC2)cc1OC. The molecule has 0 unspecified atom stereocenters. The minimum absolute atomic E-state index is 0.00259. The van der Waals surface area contributed by atoms with Crippen molar-refractivity contribution in [3.8, 4) is 11.5 Å². The molecule has 2 aromatic rings. The molecule has 0 radical (unpaired) electrons. The molecule has 0 N–H and O–H groups in total. The largest absolute Gasteiger partial charge is 0.493 e. The molecule has 1 aliphatic carbocycles. The van der Waals surface area contributed by atoms with Crippen LogP contribution in [-0.4, -0.2) is 55.5 Å². The number of nitrogens with zero attached hydrogens (tertiary/aromatic N) is 2. The van der Waals surface area contributed by atoms with Crippen LogP contribution in [0.4, 0.5) is 0 Å². The van der Waals surface area contributed by atoms with Gasteiger partial charge in [0.25, 0.3) is 0 Å². The summed E-state index contributed by atoms with van der Waals surface area (Å²) in [7, 11) is 3.24. The van der Waals surface area contributed by atoms with Gasteiger partial charge in [-0.15, -0.1) is 11.3 Å². The Balaban J connectivity index is 1.71. The molecule has 33 heavy (non-hydrogen) atoms. The summed E-state index contributed by atoms with van der Waals surface area (Å²) in [6.07, 6.45) is 3.69. The Bertz CT molecular complexity index is 909. The number of carbonyl (C=O) groups excluding carboxylic acids is 2. The average Bonchev–Trinajstić information content (AvgIpc) is 3.27. The van der Waals surface area contributed by atoms with Gasteiger partial charge in [-0.1, -0.05) is 32.4 Å². The van der Waals surface area contributed by atoms with Crippen molar-refractivity contribution in [2.45, 2.75) is 46.1 Å². The van der Waals surface area contributed by atoms with Gasteiger partial charge >= 0.3 is 0 Å². The normalized spacial score (nSPS) is 13.5. The van der Waals surface area contributed by atoms with Gasteiger partial charge in [0.2, 0.25) is 11.8 Å². The van der Waals surface area contributed by atoms with Crippen LogP contribution in [0.25, 0.3) is 0 Å². The fourth-order valence-electron chi connectivity index (χ4n) is 4.03. The van der Waals surface area contributed by atoms with Gasteiger partial charge in [-0.25, -0.2) is 0 Å². The molecule has 1 aromatic heterocycles. The van der Waals surface area contributed by atoms with E-state index in [1.54, 1.807) is 30.5 Å². The minimum atomic E-state index is -0.00259. The van der Waals surface area contributed by atoms with Gasteiger partial charge in [0.15, 0.2) is 11.5 Å². The average molecular weight is 473 g/mol. The first-order chi connectivity index (χ1) is 15.9. The van der Waals surface area contributed by atoms with Gasteiger partial charge in [0.1, 0.15) is 0 Å². The predicted octanol–water partition coefficient (Wildman–Crippen LogP) is 4.62. The number of hydrogen-bond donors (Lipinski definition) is 0. The van der Waals surface area contributed by atoms with Crippen molar-refractivity contribution in [3.63, 3.8) is 0 Å². The topological polar surface area (TPSA) is 59.1 Å². The number of ether oxygens (including phenoxy) is 2. The van der Waals surface area contributed by atoms with E-state index < -0.39 is 0 Å². The fourth-order valence-corrected chi connectivity index (χ4v) is 4.75. The van der Waals surface area contributed by atoms with Crippen molar-refractivity contribution in [3.05, 3.63) is 46.2 Å². The van der Waals surface area contributed by atoms with Crippen LogP contribution in [-0.2, 0) is 22.6 Å². The zero-order valence-corrected chi connectivity index (χ0v) is 21.0. The molecule has 1 saturated carbocycles. The number of benzene rings is 1. The molecule has 180 valence electrons. The zero-order valence-electron chi connectivity index (χ0n) is 20.2. The molecule has 1 heterocycles. The Morgan fingerprint density at radius 1 is 1.09 bits per heavy atom. The van der Waals surface area contributed by atoms with E-state index in [0.29, 0.717) is 43.5 Å². The van der Waals surface area contributed by atoms with Crippen LogP contribution in [0.2, 0.25) is 0 Å². The number of amides is 2. The first-order valence-corrected chi connectivity index (χ1v) is 12.6. The van der Waals surface area contributed by atoms with Crippen LogP contribution in [0.15, 0.2) is 35.7 Å². The Morgan fingerprint density at radius 3 is 2.42 bits per heavy atom. The number of thiophene rings is 1. The van der Waals surface area contributed by atoms with Gasteiger partial charge in [-0.3, -0.25) is 9.59 Å². The molecule has 1 fully saturated rings. The minimum Gasteiger partial charge on any atom is -0.493 e. The summed E-state index contributed by atoms with van der Waals surface area (Å²) in [5.41, 5.74) is 1.07. The van der Waals surface area contributed by atoms with Gasteiger partial charge in [0, 0.05) is 23.9 Å². The van der Waals surface area contributed by atoms with E-state index in [1.807, 2.05) is 40.6 Å². The first kappa shape index (κ1) is 25.1. The molecule has 2 amide bonds. The van der Waals surface area contributed by atoms with Crippen molar-refractivity contribution in [1.82, 2.24) is 9.80 Å². The maximum absolute atomic E-state index is 13.4. The second-order valence-electron chi connectivity index (χ2n) is 9.07. The summed E-state index contributed by atoms with van der Waals surface area (Å²) >= 11 is 1.64. The molecule has 3 rings (SSSR count). The van der Waals surface area contributed by atoms with Crippen LogP contribution in [0.3, 0.4) is 0 Å². The maximum atomic E-state index is 13.4. The third-order valence-corrected chi connectivity index (χ3v) is 6.94. The second kappa shape index (κ2) is 12.1. The van der Waals surface area contributed by atoms with E-state index in [-0.39, 0.29) is 24.3 Å². The first-order valence-electron chi connectivity index (χ1n) is 11.7. The van der Waals surface area contributed by atoms with Crippen molar-refractivity contribution >= 4 is 23.2 Å². The van der Waals surface area contributed by atoms with Gasteiger partial charge in [-0.2, -0.15) is 0 Å². The third-order valence-electron chi connectivity index (χ3n) is 6.08. The highest BCUT2D eigenvalue weighted by atomic mass is 32.1. The summed E-state index contributed by atoms with van der Waals surface area (Å²) in [5.74, 6) is 1.91. The monoisotopic (exact) mass is 472 g/mol. The van der Waals surface area contributed by atoms with Gasteiger partial charge < -0.3 is 19.3 Å². The Hall–Kier alpha value is -2.54. The lowest BCUT2D eigenvalue weighted by Gasteiger charge is -2.34. The van der Waals surface area contributed by atoms with Crippen molar-refractivity contribution in [2.75, 3.05) is 33.9 Å². The molecule has 0 saturated heterocycles. The fraction of sp³-hybridized carbons (Fsp3) is 0.538. The molecule has 0 bridgehead atoms. The molecule has 7 heteroatoms. The lowest BCUT2D eigenvalue weighted by atomic mass is 9.84. The van der Waals surface area contributed by atoms with E-state index >= 15 is 0 Å². The van der Waals surface area contributed by atoms with E-state index in [2.05, 4.69) is 13.8 Å². The summed E-state index contributed by atoms with van der Waals surface area (Å²) in [6, 6.07) is 9.90. The molecular weight excluding hydrogens is 436 g/mol. The van der Waals surface area contributed by atoms with Gasteiger partial charge in [-0.05, 0) is 54.3 Å². The molecule has 0 atom stereocenters. The van der Waals surface area contributed by atoms with Crippen LogP contribution >= 0.6 is 11.3 Å². The lowest BCUT2D eigenvalue weighted by molar-refractivity contribution is -0.145. The van der Waals surface area contributed by atoms with Gasteiger partial charge in [0.05, 0.1) is 27.3 Å². The van der Waals surface area contributed by atoms with Crippen molar-refractivity contribution in [2.24, 2.45) is 11.8 Å². The highest BCUT2D eigenvalue weighted by Crippen LogP contribution is 2.29. The molecule has 1 aromatic carbocycles. The van der Waals surface area contributed by atoms with Crippen LogP contribution in [0, 0.1) is 11.8 Å². The number of methoxy groups -OCH3 is 2. The molecule has 0 spiro atoms. The number of carbonyl (C=O) groups is 2. The van der Waals surface area contributed by atoms with E-state index in [0.717, 1.165) is 29.7 Å². The van der Waals surface area contributed by atoms with E-state index in [1.165, 1.54) is 0 Å². The summed E-state index contributed by atoms with van der Waals surface area (Å²) in [4.78, 5) is 31.2. The Labute approximate surface area is 201 Å². The summed E-state index contributed by atoms with van der Waals surface area (Å²) < 4.78 is 10.8. The molecule has 6 nitrogen and oxygen atoms in total. The zero-order chi connectivity index (χ0) is 23.8. The Kier molecular flexibility index (Phi) is 9.18. The highest BCUT2D eigenvalue weighted by Gasteiger charge is 2.31. The smallest absolute Gasteiger partial charge is 0.242 e. The molecule has 0 aliphatic heterocycles. The summed E-state index contributed by atoms with van der Waals surface area (Å²) in [5, 5.41) is 2.03. The number of rotatable bonds is 12. The second-order valence-corrected chi connectivity index (χ2v) is 10.1. The molecular formula is C26H36N2O4S. The van der Waals surface area contributed by atoms with Crippen molar-refractivity contribution in [1.29, 1.82) is 0 Å². The van der Waals surface area contributed by atoms with Crippen molar-refractivity contribution < 1.29 is 19.1 Å². The van der Waals surface area contributed by atoms with E-state index in [9.17, 15) is 9.59 Å². The van der Waals surface area contributed by atoms with Crippen LogP contribution in [0.5, 0.6) is 11.5 Å². The predicted molar refractivity (Wildman–Crippen MR) is 132 cm³/mol. The maximum Gasteiger partial charge on any atom is 0.242 e. The highest BCUT2D eigenvalue weighted by molar-refractivity contribution is 7.09. The van der Waals surface area contributed by atoms with Crippen LogP contribution in [0.1, 0.15) is 43.6 Å². The van der Waals surface area contributed by atoms with E-state index in [4.69, 9.17) is 9.47 Å². The number of hydrogen-bond acceptors (Lipinski definition) is 5. The van der Waals surface area contributed by atoms with Crippen LogP contribution < -0.4 is 9.47 Å². The standard InChI is InChI=1S/C26H36N2O4S/c1-19(2)16-28(26(30)21-7-5-8-21)18-25(29)27(17-22-9-6-14-33-22)13-12-20-10-11-23(31-3)24(15-20)32-4/h6,9-11,14-15,19,21H,5,7-8,12-13,16-18H2,1-4H3. The summed E-state index contributed by atoms with van der Waals surface area (Å²) in [6.45, 7) is 6.06. The lowest BCUT2D eigenvalue weighted by Crippen LogP contribution is -2.47. The Morgan fingerprint density at radius 2 is 1.85 bits per heavy atom. The molecule has 1 aliphatic rings. The third kappa shape index (κ3) is 6.97. The quantitative estimate of drug-likeness (QED) is 0.452.